The Balaban J connectivity index is 1.43. The van der Waals surface area contributed by atoms with E-state index in [-0.39, 0.29) is 5.82 Å². The van der Waals surface area contributed by atoms with Gasteiger partial charge < -0.3 is 4.74 Å². The highest BCUT2D eigenvalue weighted by Crippen LogP contribution is 2.25. The molecule has 0 amide bonds. The summed E-state index contributed by atoms with van der Waals surface area (Å²) in [6, 6.07) is 21.8. The minimum Gasteiger partial charge on any atom is -0.488 e. The van der Waals surface area contributed by atoms with E-state index in [2.05, 4.69) is 15.5 Å². The van der Waals surface area contributed by atoms with E-state index < -0.39 is 0 Å². The van der Waals surface area contributed by atoms with E-state index >= 15 is 0 Å². The number of hydrogen-bond acceptors (Lipinski definition) is 5. The monoisotopic (exact) mass is 377 g/mol. The van der Waals surface area contributed by atoms with Gasteiger partial charge in [-0.05, 0) is 42.0 Å². The Bertz CT molecular complexity index is 1040. The number of hydrogen-bond donors (Lipinski definition) is 1. The Hall–Kier alpha value is -3.25. The molecule has 4 aromatic rings. The van der Waals surface area contributed by atoms with Gasteiger partial charge in [0.2, 0.25) is 5.13 Å². The summed E-state index contributed by atoms with van der Waals surface area (Å²) in [7, 11) is 0. The summed E-state index contributed by atoms with van der Waals surface area (Å²) in [5.74, 6) is 0.448. The number of anilines is 1. The second-order valence-electron chi connectivity index (χ2n) is 5.81. The molecule has 0 aliphatic rings. The van der Waals surface area contributed by atoms with E-state index in [9.17, 15) is 4.39 Å². The van der Waals surface area contributed by atoms with Crippen LogP contribution >= 0.6 is 11.3 Å². The Morgan fingerprint density at radius 2 is 1.78 bits per heavy atom. The molecule has 0 spiro atoms. The first-order valence-electron chi connectivity index (χ1n) is 8.39. The fourth-order valence-corrected chi connectivity index (χ4v) is 3.35. The maximum atomic E-state index is 13.0. The van der Waals surface area contributed by atoms with Gasteiger partial charge in [-0.25, -0.2) is 9.37 Å². The second kappa shape index (κ2) is 7.97. The lowest BCUT2D eigenvalue weighted by Gasteiger charge is -2.09. The smallest absolute Gasteiger partial charge is 0.204 e. The topological polar surface area (TPSA) is 46.5 Å². The Kier molecular flexibility index (Phi) is 5.07. The van der Waals surface area contributed by atoms with Crippen molar-refractivity contribution in [2.75, 3.05) is 5.43 Å². The highest BCUT2D eigenvalue weighted by Gasteiger charge is 2.03. The third-order valence-corrected chi connectivity index (χ3v) is 4.83. The molecule has 0 fully saturated rings. The fraction of sp³-hybridized carbons (Fsp3) is 0.0476. The number of hydrazone groups is 1. The Morgan fingerprint density at radius 1 is 1.00 bits per heavy atom. The standard InChI is InChI=1S/C21H16FN3OS/c22-17-11-9-15(10-12-17)14-26-19-7-3-1-5-16(19)13-23-25-21-24-18-6-2-4-8-20(18)27-21/h1-13H,14H2,(H,24,25). The third kappa shape index (κ3) is 4.30. The molecule has 0 radical (unpaired) electrons. The number of thiazole rings is 1. The summed E-state index contributed by atoms with van der Waals surface area (Å²) < 4.78 is 20.0. The van der Waals surface area contributed by atoms with Gasteiger partial charge in [0.25, 0.3) is 0 Å². The predicted octanol–water partition coefficient (Wildman–Crippen LogP) is 5.46. The van der Waals surface area contributed by atoms with Crippen LogP contribution in [0.5, 0.6) is 5.75 Å². The van der Waals surface area contributed by atoms with Crippen molar-refractivity contribution in [1.29, 1.82) is 0 Å². The molecule has 1 aromatic heterocycles. The molecule has 4 rings (SSSR count). The number of para-hydroxylation sites is 2. The zero-order chi connectivity index (χ0) is 18.5. The lowest BCUT2D eigenvalue weighted by Crippen LogP contribution is -1.99. The van der Waals surface area contributed by atoms with Gasteiger partial charge >= 0.3 is 0 Å². The first kappa shape index (κ1) is 17.2. The van der Waals surface area contributed by atoms with Crippen molar-refractivity contribution in [1.82, 2.24) is 4.98 Å². The van der Waals surface area contributed by atoms with Crippen LogP contribution < -0.4 is 10.2 Å². The van der Waals surface area contributed by atoms with Crippen LogP contribution in [0.2, 0.25) is 0 Å². The molecule has 1 heterocycles. The highest BCUT2D eigenvalue weighted by atomic mass is 32.1. The summed E-state index contributed by atoms with van der Waals surface area (Å²) in [5.41, 5.74) is 5.66. The minimum atomic E-state index is -0.257. The summed E-state index contributed by atoms with van der Waals surface area (Å²) in [5, 5.41) is 5.01. The summed E-state index contributed by atoms with van der Waals surface area (Å²) in [6.07, 6.45) is 1.70. The average Bonchev–Trinajstić information content (AvgIpc) is 3.11. The number of rotatable bonds is 6. The molecule has 0 atom stereocenters. The van der Waals surface area contributed by atoms with E-state index in [0.29, 0.717) is 12.4 Å². The normalized spacial score (nSPS) is 11.1. The van der Waals surface area contributed by atoms with Crippen LogP contribution in [0.4, 0.5) is 9.52 Å². The SMILES string of the molecule is Fc1ccc(COc2ccccc2C=NNc2nc3ccccc3s2)cc1. The number of nitrogens with zero attached hydrogens (tertiary/aromatic N) is 2. The van der Waals surface area contributed by atoms with Crippen molar-refractivity contribution < 1.29 is 9.13 Å². The van der Waals surface area contributed by atoms with Crippen LogP contribution in [-0.4, -0.2) is 11.2 Å². The average molecular weight is 377 g/mol. The molecule has 0 aliphatic carbocycles. The van der Waals surface area contributed by atoms with Gasteiger partial charge in [0.05, 0.1) is 16.4 Å². The van der Waals surface area contributed by atoms with Crippen molar-refractivity contribution in [3.63, 3.8) is 0 Å². The predicted molar refractivity (Wildman–Crippen MR) is 108 cm³/mol. The van der Waals surface area contributed by atoms with E-state index in [4.69, 9.17) is 4.74 Å². The van der Waals surface area contributed by atoms with Gasteiger partial charge in [-0.3, -0.25) is 5.43 Å². The first-order valence-corrected chi connectivity index (χ1v) is 9.20. The zero-order valence-corrected chi connectivity index (χ0v) is 15.1. The summed E-state index contributed by atoms with van der Waals surface area (Å²) in [4.78, 5) is 4.48. The van der Waals surface area contributed by atoms with E-state index in [1.54, 1.807) is 29.7 Å². The number of aromatic nitrogens is 1. The highest BCUT2D eigenvalue weighted by molar-refractivity contribution is 7.22. The van der Waals surface area contributed by atoms with E-state index in [1.165, 1.54) is 12.1 Å². The number of halogens is 1. The van der Waals surface area contributed by atoms with Crippen LogP contribution in [0.1, 0.15) is 11.1 Å². The van der Waals surface area contributed by atoms with Crippen LogP contribution in [0.15, 0.2) is 77.9 Å². The maximum Gasteiger partial charge on any atom is 0.204 e. The van der Waals surface area contributed by atoms with Gasteiger partial charge in [0, 0.05) is 5.56 Å². The third-order valence-electron chi connectivity index (χ3n) is 3.88. The largest absolute Gasteiger partial charge is 0.488 e. The molecule has 4 nitrogen and oxygen atoms in total. The molecule has 27 heavy (non-hydrogen) atoms. The molecule has 0 saturated heterocycles. The van der Waals surface area contributed by atoms with Gasteiger partial charge in [-0.15, -0.1) is 0 Å². The van der Waals surface area contributed by atoms with Crippen LogP contribution in [0, 0.1) is 5.82 Å². The van der Waals surface area contributed by atoms with Crippen LogP contribution in [-0.2, 0) is 6.61 Å². The van der Waals surface area contributed by atoms with Crippen molar-refractivity contribution >= 4 is 32.9 Å². The maximum absolute atomic E-state index is 13.0. The van der Waals surface area contributed by atoms with Crippen molar-refractivity contribution in [3.8, 4) is 5.75 Å². The first-order chi connectivity index (χ1) is 13.3. The molecule has 1 N–H and O–H groups in total. The number of benzene rings is 3. The quantitative estimate of drug-likeness (QED) is 0.358. The Morgan fingerprint density at radius 3 is 2.63 bits per heavy atom. The van der Waals surface area contributed by atoms with Crippen molar-refractivity contribution in [3.05, 3.63) is 89.7 Å². The van der Waals surface area contributed by atoms with Crippen LogP contribution in [0.25, 0.3) is 10.2 Å². The molecule has 0 unspecified atom stereocenters. The summed E-state index contributed by atoms with van der Waals surface area (Å²) >= 11 is 1.55. The van der Waals surface area contributed by atoms with Gasteiger partial charge in [0.1, 0.15) is 18.2 Å². The molecular formula is C21H16FN3OS. The fourth-order valence-electron chi connectivity index (χ4n) is 2.54. The molecule has 134 valence electrons. The van der Waals surface area contributed by atoms with Gasteiger partial charge in [-0.2, -0.15) is 5.10 Å². The zero-order valence-electron chi connectivity index (χ0n) is 14.3. The van der Waals surface area contributed by atoms with Crippen molar-refractivity contribution in [2.24, 2.45) is 5.10 Å². The molecule has 0 saturated carbocycles. The van der Waals surface area contributed by atoms with Crippen LogP contribution in [0.3, 0.4) is 0 Å². The number of nitrogens with one attached hydrogen (secondary N) is 1. The summed E-state index contributed by atoms with van der Waals surface area (Å²) in [6.45, 7) is 0.358. The van der Waals surface area contributed by atoms with E-state index in [1.807, 2.05) is 48.5 Å². The molecule has 3 aromatic carbocycles. The van der Waals surface area contributed by atoms with E-state index in [0.717, 1.165) is 26.5 Å². The molecule has 0 bridgehead atoms. The number of fused-ring (bicyclic) bond motifs is 1. The lowest BCUT2D eigenvalue weighted by molar-refractivity contribution is 0.305. The van der Waals surface area contributed by atoms with Gasteiger partial charge in [0.15, 0.2) is 0 Å². The minimum absolute atomic E-state index is 0.257. The molecule has 6 heteroatoms. The second-order valence-corrected chi connectivity index (χ2v) is 6.84. The van der Waals surface area contributed by atoms with Gasteiger partial charge in [-0.1, -0.05) is 47.7 Å². The molecule has 0 aliphatic heterocycles. The Labute approximate surface area is 160 Å². The molecular weight excluding hydrogens is 361 g/mol. The lowest BCUT2D eigenvalue weighted by atomic mass is 10.2. The number of ether oxygens (including phenoxy) is 1. The van der Waals surface area contributed by atoms with Crippen molar-refractivity contribution in [2.45, 2.75) is 6.61 Å².